The number of hydrogen-bond acceptors (Lipinski definition) is 2. The molecule has 17 heavy (non-hydrogen) atoms. The van der Waals surface area contributed by atoms with Gasteiger partial charge in [-0.1, -0.05) is 43.9 Å². The normalized spacial score (nSPS) is 18.7. The average Bonchev–Trinajstić information content (AvgIpc) is 2.30. The molecule has 0 aromatic carbocycles. The summed E-state index contributed by atoms with van der Waals surface area (Å²) in [5, 5.41) is 3.26. The van der Waals surface area contributed by atoms with Crippen molar-refractivity contribution in [3.63, 3.8) is 0 Å². The van der Waals surface area contributed by atoms with Crippen molar-refractivity contribution in [2.45, 2.75) is 39.0 Å². The molecule has 0 unspecified atom stereocenters. The number of pyridine rings is 1. The summed E-state index contributed by atoms with van der Waals surface area (Å²) in [6, 6.07) is 5.24. The molecule has 0 atom stereocenters. The molecule has 0 bridgehead atoms. The summed E-state index contributed by atoms with van der Waals surface area (Å²) in [6.07, 6.45) is 5.41. The van der Waals surface area contributed by atoms with Crippen molar-refractivity contribution in [3.05, 3.63) is 23.4 Å². The van der Waals surface area contributed by atoms with Crippen molar-refractivity contribution in [1.82, 2.24) is 4.98 Å². The predicted molar refractivity (Wildman–Crippen MR) is 69.1 cm³/mol. The molecule has 0 spiro atoms. The Kier molecular flexibility index (Phi) is 3.67. The highest BCUT2D eigenvalue weighted by molar-refractivity contribution is 6.29. The molecule has 1 fully saturated rings. The van der Waals surface area contributed by atoms with E-state index in [0.717, 1.165) is 25.7 Å². The molecule has 92 valence electrons. The maximum Gasteiger partial charge on any atom is 0.231 e. The topological polar surface area (TPSA) is 42.0 Å². The number of rotatable bonds is 2. The molecule has 0 radical (unpaired) electrons. The lowest BCUT2D eigenvalue weighted by Crippen LogP contribution is -2.35. The molecule has 4 heteroatoms. The summed E-state index contributed by atoms with van der Waals surface area (Å²) in [7, 11) is 0. The summed E-state index contributed by atoms with van der Waals surface area (Å²) < 4.78 is 0. The highest BCUT2D eigenvalue weighted by Crippen LogP contribution is 2.36. The summed E-state index contributed by atoms with van der Waals surface area (Å²) in [5.41, 5.74) is -0.248. The third kappa shape index (κ3) is 2.97. The fraction of sp³-hybridized carbons (Fsp3) is 0.538. The number of carbonyl (C=O) groups excluding carboxylic acids is 1. The fourth-order valence-corrected chi connectivity index (χ4v) is 2.47. The minimum absolute atomic E-state index is 0.0620. The zero-order valence-electron chi connectivity index (χ0n) is 10.0. The van der Waals surface area contributed by atoms with Crippen LogP contribution in [-0.2, 0) is 4.79 Å². The molecule has 0 saturated heterocycles. The van der Waals surface area contributed by atoms with Gasteiger partial charge in [0.1, 0.15) is 11.0 Å². The van der Waals surface area contributed by atoms with Crippen LogP contribution in [0.5, 0.6) is 0 Å². The first-order chi connectivity index (χ1) is 8.10. The molecule has 1 aliphatic rings. The standard InChI is InChI=1S/C13H17ClN2O/c1-13(8-3-2-4-9-13)12(17)16-11-7-5-6-10(14)15-11/h5-7H,2-4,8-9H2,1H3,(H,15,16,17). The van der Waals surface area contributed by atoms with E-state index in [1.54, 1.807) is 18.2 Å². The number of hydrogen-bond donors (Lipinski definition) is 1. The van der Waals surface area contributed by atoms with Crippen LogP contribution in [0, 0.1) is 5.41 Å². The second-order valence-electron chi connectivity index (χ2n) is 4.92. The largest absolute Gasteiger partial charge is 0.310 e. The number of carbonyl (C=O) groups is 1. The minimum atomic E-state index is -0.248. The van der Waals surface area contributed by atoms with Crippen molar-refractivity contribution in [2.24, 2.45) is 5.41 Å². The Morgan fingerprint density at radius 1 is 1.35 bits per heavy atom. The second kappa shape index (κ2) is 5.05. The average molecular weight is 253 g/mol. The van der Waals surface area contributed by atoms with Gasteiger partial charge in [0.05, 0.1) is 0 Å². The number of halogens is 1. The van der Waals surface area contributed by atoms with Gasteiger partial charge in [-0.25, -0.2) is 4.98 Å². The van der Waals surface area contributed by atoms with Crippen molar-refractivity contribution in [3.8, 4) is 0 Å². The van der Waals surface area contributed by atoms with Crippen LogP contribution in [0.2, 0.25) is 5.15 Å². The van der Waals surface area contributed by atoms with Gasteiger partial charge in [0, 0.05) is 5.41 Å². The number of nitrogens with one attached hydrogen (secondary N) is 1. The van der Waals surface area contributed by atoms with Crippen LogP contribution in [-0.4, -0.2) is 10.9 Å². The Bertz CT molecular complexity index is 414. The smallest absolute Gasteiger partial charge is 0.231 e. The maximum atomic E-state index is 12.2. The zero-order valence-corrected chi connectivity index (χ0v) is 10.8. The van der Waals surface area contributed by atoms with Gasteiger partial charge in [0.25, 0.3) is 0 Å². The van der Waals surface area contributed by atoms with E-state index in [4.69, 9.17) is 11.6 Å². The van der Waals surface area contributed by atoms with E-state index in [1.807, 2.05) is 6.92 Å². The lowest BCUT2D eigenvalue weighted by Gasteiger charge is -2.31. The van der Waals surface area contributed by atoms with Crippen LogP contribution in [0.25, 0.3) is 0 Å². The molecule has 1 aliphatic carbocycles. The Morgan fingerprint density at radius 2 is 2.06 bits per heavy atom. The lowest BCUT2D eigenvalue weighted by atomic mass is 9.75. The van der Waals surface area contributed by atoms with E-state index in [2.05, 4.69) is 10.3 Å². The molecule has 2 rings (SSSR count). The number of amides is 1. The van der Waals surface area contributed by atoms with Gasteiger partial charge in [-0.2, -0.15) is 0 Å². The van der Waals surface area contributed by atoms with E-state index < -0.39 is 0 Å². The van der Waals surface area contributed by atoms with Crippen molar-refractivity contribution >= 4 is 23.3 Å². The van der Waals surface area contributed by atoms with E-state index in [9.17, 15) is 4.79 Å². The Morgan fingerprint density at radius 3 is 2.71 bits per heavy atom. The summed E-state index contributed by atoms with van der Waals surface area (Å²) in [5.74, 6) is 0.598. The Labute approximate surface area is 107 Å². The summed E-state index contributed by atoms with van der Waals surface area (Å²) >= 11 is 5.79. The van der Waals surface area contributed by atoms with Gasteiger partial charge in [-0.3, -0.25) is 4.79 Å². The van der Waals surface area contributed by atoms with E-state index >= 15 is 0 Å². The van der Waals surface area contributed by atoms with Gasteiger partial charge < -0.3 is 5.32 Å². The Balaban J connectivity index is 2.05. The number of anilines is 1. The fourth-order valence-electron chi connectivity index (χ4n) is 2.30. The summed E-state index contributed by atoms with van der Waals surface area (Å²) in [6.45, 7) is 2.03. The van der Waals surface area contributed by atoms with Gasteiger partial charge >= 0.3 is 0 Å². The van der Waals surface area contributed by atoms with Gasteiger partial charge in [0.15, 0.2) is 0 Å². The quantitative estimate of drug-likeness (QED) is 0.817. The van der Waals surface area contributed by atoms with Crippen LogP contribution in [0.1, 0.15) is 39.0 Å². The Hall–Kier alpha value is -1.09. The van der Waals surface area contributed by atoms with Crippen LogP contribution in [0.15, 0.2) is 18.2 Å². The van der Waals surface area contributed by atoms with Crippen molar-refractivity contribution in [1.29, 1.82) is 0 Å². The molecule has 1 amide bonds. The second-order valence-corrected chi connectivity index (χ2v) is 5.31. The molecule has 1 saturated carbocycles. The zero-order chi connectivity index (χ0) is 12.3. The molecule has 1 heterocycles. The molecular formula is C13H17ClN2O. The predicted octanol–water partition coefficient (Wildman–Crippen LogP) is 3.64. The lowest BCUT2D eigenvalue weighted by molar-refractivity contribution is -0.126. The van der Waals surface area contributed by atoms with Gasteiger partial charge in [-0.05, 0) is 25.0 Å². The van der Waals surface area contributed by atoms with Crippen LogP contribution in [0.3, 0.4) is 0 Å². The first-order valence-corrected chi connectivity index (χ1v) is 6.42. The van der Waals surface area contributed by atoms with Crippen molar-refractivity contribution < 1.29 is 4.79 Å². The van der Waals surface area contributed by atoms with E-state index in [1.165, 1.54) is 6.42 Å². The van der Waals surface area contributed by atoms with E-state index in [-0.39, 0.29) is 11.3 Å². The molecule has 1 N–H and O–H groups in total. The third-order valence-corrected chi connectivity index (χ3v) is 3.67. The van der Waals surface area contributed by atoms with Crippen LogP contribution in [0.4, 0.5) is 5.82 Å². The minimum Gasteiger partial charge on any atom is -0.310 e. The third-order valence-electron chi connectivity index (χ3n) is 3.46. The molecule has 3 nitrogen and oxygen atoms in total. The molecular weight excluding hydrogens is 236 g/mol. The van der Waals surface area contributed by atoms with Crippen LogP contribution < -0.4 is 5.32 Å². The van der Waals surface area contributed by atoms with Gasteiger partial charge in [-0.15, -0.1) is 0 Å². The van der Waals surface area contributed by atoms with Crippen molar-refractivity contribution in [2.75, 3.05) is 5.32 Å². The number of aromatic nitrogens is 1. The number of nitrogens with zero attached hydrogens (tertiary/aromatic N) is 1. The first kappa shape index (κ1) is 12.4. The maximum absolute atomic E-state index is 12.2. The SMILES string of the molecule is CC1(C(=O)Nc2cccc(Cl)n2)CCCCC1. The monoisotopic (exact) mass is 252 g/mol. The highest BCUT2D eigenvalue weighted by Gasteiger charge is 2.34. The molecule has 1 aromatic heterocycles. The highest BCUT2D eigenvalue weighted by atomic mass is 35.5. The van der Waals surface area contributed by atoms with E-state index in [0.29, 0.717) is 11.0 Å². The molecule has 0 aliphatic heterocycles. The van der Waals surface area contributed by atoms with Crippen LogP contribution >= 0.6 is 11.6 Å². The van der Waals surface area contributed by atoms with Gasteiger partial charge in [0.2, 0.25) is 5.91 Å². The summed E-state index contributed by atoms with van der Waals surface area (Å²) in [4.78, 5) is 16.3. The first-order valence-electron chi connectivity index (χ1n) is 6.04. The molecule has 1 aromatic rings.